The van der Waals surface area contributed by atoms with Gasteiger partial charge in [0.25, 0.3) is 0 Å². The highest BCUT2D eigenvalue weighted by Gasteiger charge is 2.35. The van der Waals surface area contributed by atoms with Crippen molar-refractivity contribution in [1.29, 1.82) is 0 Å². The summed E-state index contributed by atoms with van der Waals surface area (Å²) < 4.78 is 7.83. The lowest BCUT2D eigenvalue weighted by molar-refractivity contribution is -0.137. The van der Waals surface area contributed by atoms with Gasteiger partial charge in [0, 0.05) is 12.2 Å². The smallest absolute Gasteiger partial charge is 0.466 e. The first-order chi connectivity index (χ1) is 5.85. The highest BCUT2D eigenvalue weighted by molar-refractivity contribution is 6.51. The Morgan fingerprint density at radius 2 is 1.62 bits per heavy atom. The molecule has 0 radical (unpaired) electrons. The van der Waals surface area contributed by atoms with Gasteiger partial charge in [-0.3, -0.25) is 0 Å². The molecule has 7 nitrogen and oxygen atoms in total. The minimum atomic E-state index is -4.86. The Bertz CT molecular complexity index is 228. The Balaban J connectivity index is 4.02. The zero-order chi connectivity index (χ0) is 10.5. The molecule has 74 valence electrons. The fraction of sp³-hybridized carbons (Fsp3) is 0.200. The Hall–Kier alpha value is -1.22. The second kappa shape index (κ2) is 4.72. The van der Waals surface area contributed by atoms with Crippen LogP contribution in [0, 0.1) is 0 Å². The van der Waals surface area contributed by atoms with Gasteiger partial charge in [-0.1, -0.05) is 0 Å². The van der Waals surface area contributed by atoms with Crippen molar-refractivity contribution in [1.82, 2.24) is 0 Å². The molecule has 3 N–H and O–H groups in total. The summed E-state index contributed by atoms with van der Waals surface area (Å²) >= 11 is 0. The highest BCUT2D eigenvalue weighted by Crippen LogP contribution is 1.91. The van der Waals surface area contributed by atoms with E-state index in [-0.39, 0.29) is 0 Å². The first kappa shape index (κ1) is 11.8. The van der Waals surface area contributed by atoms with Gasteiger partial charge in [0.1, 0.15) is 0 Å². The van der Waals surface area contributed by atoms with E-state index in [1.807, 2.05) is 0 Å². The van der Waals surface area contributed by atoms with Crippen LogP contribution >= 0.6 is 0 Å². The molecule has 0 aliphatic carbocycles. The summed E-state index contributed by atoms with van der Waals surface area (Å²) in [7, 11) is -3.76. The number of methoxy groups -OCH3 is 1. The molecule has 8 heteroatoms. The van der Waals surface area contributed by atoms with Crippen LogP contribution in [0.5, 0.6) is 0 Å². The quantitative estimate of drug-likeness (QED) is 0.271. The molecular formula is C5H8O7Si. The maximum Gasteiger partial charge on any atom is 0.743 e. The Morgan fingerprint density at radius 1 is 1.15 bits per heavy atom. The van der Waals surface area contributed by atoms with Crippen LogP contribution in [0.3, 0.4) is 0 Å². The maximum atomic E-state index is 10.5. The predicted molar refractivity (Wildman–Crippen MR) is 39.7 cm³/mol. The number of carbonyl (C=O) groups excluding carboxylic acids is 2. The van der Waals surface area contributed by atoms with Crippen LogP contribution in [0.4, 0.5) is 0 Å². The first-order valence-electron chi connectivity index (χ1n) is 3.01. The molecule has 0 aliphatic heterocycles. The van der Waals surface area contributed by atoms with Gasteiger partial charge in [-0.15, -0.1) is 0 Å². The third-order valence-electron chi connectivity index (χ3n) is 0.794. The molecule has 13 heavy (non-hydrogen) atoms. The van der Waals surface area contributed by atoms with Gasteiger partial charge in [0.2, 0.25) is 0 Å². The molecule has 0 heterocycles. The molecule has 0 rings (SSSR count). The van der Waals surface area contributed by atoms with Gasteiger partial charge in [-0.25, -0.2) is 9.59 Å². The van der Waals surface area contributed by atoms with E-state index in [9.17, 15) is 9.59 Å². The zero-order valence-electron chi connectivity index (χ0n) is 6.63. The lowest BCUT2D eigenvalue weighted by Gasteiger charge is -2.06. The molecular weight excluding hydrogens is 200 g/mol. The van der Waals surface area contributed by atoms with E-state index in [0.717, 1.165) is 7.11 Å². The van der Waals surface area contributed by atoms with Crippen LogP contribution in [0.25, 0.3) is 0 Å². The average Bonchev–Trinajstić information content (AvgIpc) is 1.97. The van der Waals surface area contributed by atoms with Crippen molar-refractivity contribution < 1.29 is 33.1 Å². The number of hydrogen-bond acceptors (Lipinski definition) is 7. The molecule has 0 aromatic rings. The topological polar surface area (TPSA) is 113 Å². The van der Waals surface area contributed by atoms with Crippen molar-refractivity contribution in [3.05, 3.63) is 12.2 Å². The van der Waals surface area contributed by atoms with Gasteiger partial charge in [0.15, 0.2) is 0 Å². The van der Waals surface area contributed by atoms with Crippen LogP contribution in [0.2, 0.25) is 0 Å². The van der Waals surface area contributed by atoms with E-state index in [2.05, 4.69) is 9.16 Å². The SMILES string of the molecule is COC(=O)/C=C/C(=O)O[Si](O)(O)O. The number of ether oxygens (including phenoxy) is 1. The van der Waals surface area contributed by atoms with Crippen LogP contribution < -0.4 is 0 Å². The minimum Gasteiger partial charge on any atom is -0.466 e. The number of esters is 1. The Kier molecular flexibility index (Phi) is 4.27. The molecule has 0 amide bonds. The van der Waals surface area contributed by atoms with Crippen LogP contribution in [-0.2, 0) is 18.8 Å². The molecule has 0 saturated heterocycles. The number of hydrogen-bond donors (Lipinski definition) is 3. The van der Waals surface area contributed by atoms with Gasteiger partial charge in [-0.2, -0.15) is 0 Å². The van der Waals surface area contributed by atoms with Crippen LogP contribution in [0.1, 0.15) is 0 Å². The van der Waals surface area contributed by atoms with Crippen molar-refractivity contribution in [3.8, 4) is 0 Å². The van der Waals surface area contributed by atoms with Crippen molar-refractivity contribution in [2.24, 2.45) is 0 Å². The average molecular weight is 208 g/mol. The number of carbonyl (C=O) groups is 2. The zero-order valence-corrected chi connectivity index (χ0v) is 7.63. The van der Waals surface area contributed by atoms with Crippen LogP contribution in [-0.4, -0.2) is 42.5 Å². The fourth-order valence-electron chi connectivity index (χ4n) is 0.373. The summed E-state index contributed by atoms with van der Waals surface area (Å²) in [5.74, 6) is -2.05. The van der Waals surface area contributed by atoms with Crippen molar-refractivity contribution >= 4 is 21.0 Å². The molecule has 0 atom stereocenters. The molecule has 0 saturated carbocycles. The van der Waals surface area contributed by atoms with Gasteiger partial charge in [0.05, 0.1) is 7.11 Å². The summed E-state index contributed by atoms with van der Waals surface area (Å²) in [5.41, 5.74) is 0. The van der Waals surface area contributed by atoms with Crippen LogP contribution in [0.15, 0.2) is 12.2 Å². The largest absolute Gasteiger partial charge is 0.743 e. The van der Waals surface area contributed by atoms with Crippen molar-refractivity contribution in [3.63, 3.8) is 0 Å². The summed E-state index contributed by atoms with van der Waals surface area (Å²) in [6.07, 6.45) is 1.30. The normalized spacial score (nSPS) is 11.4. The Labute approximate surface area is 74.3 Å². The highest BCUT2D eigenvalue weighted by atomic mass is 28.4. The van der Waals surface area contributed by atoms with E-state index < -0.39 is 21.0 Å². The molecule has 0 fully saturated rings. The fourth-order valence-corrected chi connectivity index (χ4v) is 0.711. The predicted octanol–water partition coefficient (Wildman–Crippen LogP) is -2.33. The Morgan fingerprint density at radius 3 is 2.00 bits per heavy atom. The molecule has 0 bridgehead atoms. The van der Waals surface area contributed by atoms with E-state index in [1.165, 1.54) is 0 Å². The van der Waals surface area contributed by atoms with E-state index in [0.29, 0.717) is 12.2 Å². The second-order valence-corrected chi connectivity index (χ2v) is 3.20. The summed E-state index contributed by atoms with van der Waals surface area (Å²) in [6, 6.07) is 0. The van der Waals surface area contributed by atoms with E-state index in [4.69, 9.17) is 14.4 Å². The van der Waals surface area contributed by atoms with Gasteiger partial charge < -0.3 is 23.5 Å². The monoisotopic (exact) mass is 208 g/mol. The second-order valence-electron chi connectivity index (χ2n) is 1.85. The summed E-state index contributed by atoms with van der Waals surface area (Å²) in [6.45, 7) is 0. The maximum absolute atomic E-state index is 10.5. The standard InChI is InChI=1S/C5H8O7Si/c1-11-4(6)2-3-5(7)12-13(8,9)10/h2-3,8-10H,1H3/b3-2+. The van der Waals surface area contributed by atoms with Gasteiger partial charge >= 0.3 is 21.0 Å². The summed E-state index contributed by atoms with van der Waals surface area (Å²) in [5, 5.41) is 0. The molecule has 0 aliphatic rings. The molecule has 0 spiro atoms. The van der Waals surface area contributed by atoms with Crippen molar-refractivity contribution in [2.45, 2.75) is 0 Å². The summed E-state index contributed by atoms with van der Waals surface area (Å²) in [4.78, 5) is 45.7. The molecule has 0 unspecified atom stereocenters. The lowest BCUT2D eigenvalue weighted by atomic mass is 10.5. The lowest BCUT2D eigenvalue weighted by Crippen LogP contribution is -2.40. The molecule has 0 aromatic heterocycles. The van der Waals surface area contributed by atoms with Crippen molar-refractivity contribution in [2.75, 3.05) is 7.11 Å². The molecule has 0 aromatic carbocycles. The minimum absolute atomic E-state index is 0.593. The first-order valence-corrected chi connectivity index (χ1v) is 4.76. The third kappa shape index (κ3) is 7.15. The van der Waals surface area contributed by atoms with Gasteiger partial charge in [-0.05, 0) is 0 Å². The van der Waals surface area contributed by atoms with E-state index >= 15 is 0 Å². The number of rotatable bonds is 3. The van der Waals surface area contributed by atoms with E-state index in [1.54, 1.807) is 0 Å². The third-order valence-corrected chi connectivity index (χ3v) is 1.27.